The van der Waals surface area contributed by atoms with E-state index in [1.165, 1.54) is 41.9 Å². The molecule has 3 rings (SSSR count). The highest BCUT2D eigenvalue weighted by atomic mass is 32.2. The highest BCUT2D eigenvalue weighted by Gasteiger charge is 2.33. The van der Waals surface area contributed by atoms with Crippen LogP contribution in [0.5, 0.6) is 0 Å². The monoisotopic (exact) mass is 475 g/mol. The molecule has 1 aromatic heterocycles. The number of carbonyl (C=O) groups is 2. The molecule has 0 saturated heterocycles. The fourth-order valence-corrected chi connectivity index (χ4v) is 4.37. The molecule has 9 heteroatoms. The number of likely N-dealkylation sites (N-methyl/N-ethyl adjacent to an activating group) is 1. The molecule has 2 amide bonds. The maximum atomic E-state index is 13.1. The number of anilines is 1. The number of pyridine rings is 1. The number of hydrogen-bond acceptors (Lipinski definition) is 4. The standard InChI is InChI=1S/C24H24F3N3O2S/c1-14-9-16(3)23-17(10-14)15(2)11-21(29-23)33-13-22(32)30(4)12-20(31)28-19-8-6-5-7-18(19)24(25,26)27/h5-11H,12-13H2,1-4H3,(H,28,31). The number of para-hydroxylation sites is 1. The van der Waals surface area contributed by atoms with E-state index >= 15 is 0 Å². The van der Waals surface area contributed by atoms with Crippen molar-refractivity contribution in [2.24, 2.45) is 0 Å². The maximum absolute atomic E-state index is 13.1. The Hall–Kier alpha value is -3.07. The third kappa shape index (κ3) is 6.04. The number of thioether (sulfide) groups is 1. The van der Waals surface area contributed by atoms with Crippen LogP contribution in [-0.4, -0.2) is 41.0 Å². The number of aryl methyl sites for hydroxylation is 3. The highest BCUT2D eigenvalue weighted by molar-refractivity contribution is 7.99. The lowest BCUT2D eigenvalue weighted by atomic mass is 10.0. The summed E-state index contributed by atoms with van der Waals surface area (Å²) in [5, 5.41) is 4.00. The molecular weight excluding hydrogens is 451 g/mol. The van der Waals surface area contributed by atoms with Crippen molar-refractivity contribution in [3.05, 3.63) is 64.7 Å². The van der Waals surface area contributed by atoms with Gasteiger partial charge in [0, 0.05) is 12.4 Å². The largest absolute Gasteiger partial charge is 0.418 e. The number of benzene rings is 2. The van der Waals surface area contributed by atoms with E-state index in [0.717, 1.165) is 33.7 Å². The summed E-state index contributed by atoms with van der Waals surface area (Å²) in [6.45, 7) is 5.64. The van der Waals surface area contributed by atoms with Gasteiger partial charge in [-0.25, -0.2) is 4.98 Å². The molecular formula is C24H24F3N3O2S. The minimum atomic E-state index is -4.59. The van der Waals surface area contributed by atoms with E-state index in [1.807, 2.05) is 26.8 Å². The Morgan fingerprint density at radius 1 is 1.06 bits per heavy atom. The second kappa shape index (κ2) is 9.82. The summed E-state index contributed by atoms with van der Waals surface area (Å²) in [5.74, 6) is -0.996. The van der Waals surface area contributed by atoms with E-state index in [4.69, 9.17) is 0 Å². The third-order valence-electron chi connectivity index (χ3n) is 5.09. The molecule has 0 unspecified atom stereocenters. The van der Waals surface area contributed by atoms with Crippen LogP contribution in [-0.2, 0) is 15.8 Å². The number of halogens is 3. The Morgan fingerprint density at radius 3 is 2.45 bits per heavy atom. The normalized spacial score (nSPS) is 11.5. The summed E-state index contributed by atoms with van der Waals surface area (Å²) in [5.41, 5.74) is 2.86. The summed E-state index contributed by atoms with van der Waals surface area (Å²) in [6.07, 6.45) is -4.59. The lowest BCUT2D eigenvalue weighted by molar-refractivity contribution is -0.137. The van der Waals surface area contributed by atoms with E-state index in [2.05, 4.69) is 22.4 Å². The first-order chi connectivity index (χ1) is 15.5. The second-order valence-electron chi connectivity index (χ2n) is 7.89. The Morgan fingerprint density at radius 2 is 1.76 bits per heavy atom. The van der Waals surface area contributed by atoms with Crippen LogP contribution < -0.4 is 5.32 Å². The summed E-state index contributed by atoms with van der Waals surface area (Å²) in [6, 6.07) is 10.8. The van der Waals surface area contributed by atoms with Gasteiger partial charge in [-0.15, -0.1) is 0 Å². The number of nitrogens with zero attached hydrogens (tertiary/aromatic N) is 2. The van der Waals surface area contributed by atoms with Crippen molar-refractivity contribution in [1.82, 2.24) is 9.88 Å². The topological polar surface area (TPSA) is 62.3 Å². The predicted octanol–water partition coefficient (Wildman–Crippen LogP) is 5.37. The van der Waals surface area contributed by atoms with Crippen molar-refractivity contribution < 1.29 is 22.8 Å². The number of alkyl halides is 3. The molecule has 0 radical (unpaired) electrons. The number of nitrogens with one attached hydrogen (secondary N) is 1. The van der Waals surface area contributed by atoms with Gasteiger partial charge in [0.05, 0.1) is 34.1 Å². The molecule has 0 aliphatic carbocycles. The van der Waals surface area contributed by atoms with E-state index in [1.54, 1.807) is 0 Å². The van der Waals surface area contributed by atoms with Crippen molar-refractivity contribution in [1.29, 1.82) is 0 Å². The second-order valence-corrected chi connectivity index (χ2v) is 8.88. The van der Waals surface area contributed by atoms with E-state index in [-0.39, 0.29) is 23.9 Å². The molecule has 1 heterocycles. The van der Waals surface area contributed by atoms with Crippen molar-refractivity contribution in [3.63, 3.8) is 0 Å². The molecule has 3 aromatic rings. The molecule has 0 aliphatic heterocycles. The van der Waals surface area contributed by atoms with Crippen molar-refractivity contribution in [3.8, 4) is 0 Å². The fraction of sp³-hybridized carbons (Fsp3) is 0.292. The van der Waals surface area contributed by atoms with Crippen LogP contribution >= 0.6 is 11.8 Å². The van der Waals surface area contributed by atoms with Gasteiger partial charge in [0.25, 0.3) is 0 Å². The van der Waals surface area contributed by atoms with Gasteiger partial charge in [-0.3, -0.25) is 9.59 Å². The first-order valence-corrected chi connectivity index (χ1v) is 11.2. The summed E-state index contributed by atoms with van der Waals surface area (Å²) >= 11 is 1.25. The molecule has 0 fully saturated rings. The number of fused-ring (bicyclic) bond motifs is 1. The van der Waals surface area contributed by atoms with E-state index in [9.17, 15) is 22.8 Å². The van der Waals surface area contributed by atoms with Crippen LogP contribution in [0.25, 0.3) is 10.9 Å². The average molecular weight is 476 g/mol. The molecule has 0 bridgehead atoms. The minimum Gasteiger partial charge on any atom is -0.336 e. The molecule has 0 atom stereocenters. The Balaban J connectivity index is 1.62. The summed E-state index contributed by atoms with van der Waals surface area (Å²) < 4.78 is 39.3. The molecule has 0 saturated carbocycles. The van der Waals surface area contributed by atoms with Gasteiger partial charge in [-0.1, -0.05) is 35.5 Å². The van der Waals surface area contributed by atoms with Gasteiger partial charge >= 0.3 is 6.18 Å². The Kier molecular flexibility index (Phi) is 7.31. The molecule has 0 aliphatic rings. The Bertz CT molecular complexity index is 1210. The van der Waals surface area contributed by atoms with Crippen LogP contribution in [0.3, 0.4) is 0 Å². The molecule has 0 spiro atoms. The van der Waals surface area contributed by atoms with Crippen LogP contribution in [0.1, 0.15) is 22.3 Å². The zero-order chi connectivity index (χ0) is 24.3. The maximum Gasteiger partial charge on any atom is 0.418 e. The van der Waals surface area contributed by atoms with Crippen LogP contribution in [0.2, 0.25) is 0 Å². The van der Waals surface area contributed by atoms with Gasteiger partial charge in [-0.05, 0) is 56.2 Å². The number of aromatic nitrogens is 1. The predicted molar refractivity (Wildman–Crippen MR) is 124 cm³/mol. The molecule has 174 valence electrons. The van der Waals surface area contributed by atoms with E-state index in [0.29, 0.717) is 5.03 Å². The smallest absolute Gasteiger partial charge is 0.336 e. The van der Waals surface area contributed by atoms with Gasteiger partial charge in [0.15, 0.2) is 0 Å². The Labute approximate surface area is 194 Å². The third-order valence-corrected chi connectivity index (χ3v) is 5.98. The van der Waals surface area contributed by atoms with Gasteiger partial charge in [0.1, 0.15) is 0 Å². The quantitative estimate of drug-likeness (QED) is 0.487. The molecule has 33 heavy (non-hydrogen) atoms. The van der Waals surface area contributed by atoms with Crippen molar-refractivity contribution >= 4 is 40.2 Å². The number of carbonyl (C=O) groups excluding carboxylic acids is 2. The number of hydrogen-bond donors (Lipinski definition) is 1. The minimum absolute atomic E-state index is 0.0474. The van der Waals surface area contributed by atoms with E-state index < -0.39 is 17.6 Å². The summed E-state index contributed by atoms with van der Waals surface area (Å²) in [4.78, 5) is 30.6. The van der Waals surface area contributed by atoms with Crippen LogP contribution in [0.15, 0.2) is 47.5 Å². The van der Waals surface area contributed by atoms with Crippen molar-refractivity contribution in [2.75, 3.05) is 24.7 Å². The SMILES string of the molecule is Cc1cc(C)c2nc(SCC(=O)N(C)CC(=O)Nc3ccccc3C(F)(F)F)cc(C)c2c1. The average Bonchev–Trinajstić information content (AvgIpc) is 2.72. The van der Waals surface area contributed by atoms with Gasteiger partial charge in [-0.2, -0.15) is 13.2 Å². The molecule has 5 nitrogen and oxygen atoms in total. The zero-order valence-corrected chi connectivity index (χ0v) is 19.5. The van der Waals surface area contributed by atoms with Crippen LogP contribution in [0, 0.1) is 20.8 Å². The van der Waals surface area contributed by atoms with Crippen molar-refractivity contribution in [2.45, 2.75) is 32.0 Å². The fourth-order valence-electron chi connectivity index (χ4n) is 3.47. The first kappa shape index (κ1) is 24.6. The number of rotatable bonds is 6. The lowest BCUT2D eigenvalue weighted by Crippen LogP contribution is -2.36. The van der Waals surface area contributed by atoms with Crippen LogP contribution in [0.4, 0.5) is 18.9 Å². The van der Waals surface area contributed by atoms with Gasteiger partial charge < -0.3 is 10.2 Å². The first-order valence-electron chi connectivity index (χ1n) is 10.2. The number of amides is 2. The molecule has 1 N–H and O–H groups in total. The highest BCUT2D eigenvalue weighted by Crippen LogP contribution is 2.34. The zero-order valence-electron chi connectivity index (χ0n) is 18.7. The summed E-state index contributed by atoms with van der Waals surface area (Å²) in [7, 11) is 1.43. The lowest BCUT2D eigenvalue weighted by Gasteiger charge is -2.18. The molecule has 2 aromatic carbocycles. The van der Waals surface area contributed by atoms with Gasteiger partial charge in [0.2, 0.25) is 11.8 Å².